The van der Waals surface area contributed by atoms with Gasteiger partial charge in [0.15, 0.2) is 5.75 Å². The van der Waals surface area contributed by atoms with Gasteiger partial charge < -0.3 is 14.9 Å². The van der Waals surface area contributed by atoms with Gasteiger partial charge >= 0.3 is 11.8 Å². The van der Waals surface area contributed by atoms with E-state index in [1.807, 2.05) is 0 Å². The zero-order valence-electron chi connectivity index (χ0n) is 12.8. The lowest BCUT2D eigenvalue weighted by molar-refractivity contribution is 0.0907. The van der Waals surface area contributed by atoms with Gasteiger partial charge in [-0.1, -0.05) is 46.0 Å². The van der Waals surface area contributed by atoms with Crippen LogP contribution in [-0.4, -0.2) is 21.2 Å². The van der Waals surface area contributed by atoms with Crippen molar-refractivity contribution in [3.05, 3.63) is 62.7 Å². The fraction of sp³-hybridized carbons (Fsp3) is 0.0625. The van der Waals surface area contributed by atoms with Crippen molar-refractivity contribution in [3.8, 4) is 17.1 Å². The highest BCUT2D eigenvalue weighted by Gasteiger charge is 2.18. The predicted molar refractivity (Wildman–Crippen MR) is 94.0 cm³/mol. The van der Waals surface area contributed by atoms with Gasteiger partial charge in [-0.3, -0.25) is 4.79 Å². The summed E-state index contributed by atoms with van der Waals surface area (Å²) in [5.74, 6) is -1.73. The Morgan fingerprint density at radius 3 is 2.50 bits per heavy atom. The fourth-order valence-electron chi connectivity index (χ4n) is 2.04. The maximum atomic E-state index is 13.4. The number of benzene rings is 2. The number of carbonyl (C=O) groups excluding carboxylic acids is 1. The van der Waals surface area contributed by atoms with E-state index in [9.17, 15) is 14.3 Å². The minimum Gasteiger partial charge on any atom is -0.505 e. The van der Waals surface area contributed by atoms with Crippen LogP contribution in [0.4, 0.5) is 4.39 Å². The zero-order chi connectivity index (χ0) is 18.8. The molecule has 6 nitrogen and oxygen atoms in total. The zero-order valence-corrected chi connectivity index (χ0v) is 15.0. The molecule has 10 heteroatoms. The summed E-state index contributed by atoms with van der Waals surface area (Å²) >= 11 is 17.3. The van der Waals surface area contributed by atoms with Gasteiger partial charge in [-0.15, -0.1) is 0 Å². The standard InChI is InChI=1S/C16H9Cl3FN3O3/c17-9-2-1-7(3-12(9)20)6-21-15(25)16-22-14(23-26-16)8-4-10(18)13(24)11(19)5-8/h1-5,24H,6H2,(H,21,25). The summed E-state index contributed by atoms with van der Waals surface area (Å²) in [7, 11) is 0. The number of nitrogens with zero attached hydrogens (tertiary/aromatic N) is 2. The largest absolute Gasteiger partial charge is 0.505 e. The normalized spacial score (nSPS) is 10.8. The monoisotopic (exact) mass is 415 g/mol. The minimum atomic E-state index is -0.643. The number of phenols is 1. The molecule has 1 aromatic heterocycles. The average molecular weight is 417 g/mol. The summed E-state index contributed by atoms with van der Waals surface area (Å²) in [6.45, 7) is 0.0432. The Labute approximate surface area is 161 Å². The third-order valence-electron chi connectivity index (χ3n) is 3.33. The molecule has 134 valence electrons. The quantitative estimate of drug-likeness (QED) is 0.655. The van der Waals surface area contributed by atoms with Crippen molar-refractivity contribution in [1.82, 2.24) is 15.5 Å². The van der Waals surface area contributed by atoms with E-state index in [0.29, 0.717) is 11.1 Å². The summed E-state index contributed by atoms with van der Waals surface area (Å²) < 4.78 is 18.3. The molecule has 0 unspecified atom stereocenters. The second kappa shape index (κ2) is 7.49. The molecule has 0 radical (unpaired) electrons. The second-order valence-electron chi connectivity index (χ2n) is 5.14. The molecule has 1 amide bonds. The van der Waals surface area contributed by atoms with Gasteiger partial charge in [-0.2, -0.15) is 4.98 Å². The van der Waals surface area contributed by atoms with E-state index in [4.69, 9.17) is 39.3 Å². The van der Waals surface area contributed by atoms with Crippen LogP contribution < -0.4 is 5.32 Å². The van der Waals surface area contributed by atoms with Crippen LogP contribution in [0.15, 0.2) is 34.9 Å². The minimum absolute atomic E-state index is 0.00663. The lowest BCUT2D eigenvalue weighted by Crippen LogP contribution is -2.23. The van der Waals surface area contributed by atoms with Crippen LogP contribution in [0.5, 0.6) is 5.75 Å². The molecular weight excluding hydrogens is 408 g/mol. The first-order valence-corrected chi connectivity index (χ1v) is 8.22. The Kier molecular flexibility index (Phi) is 5.31. The molecule has 2 aromatic carbocycles. The number of halogens is 4. The maximum Gasteiger partial charge on any atom is 0.316 e. The van der Waals surface area contributed by atoms with Crippen LogP contribution in [0.3, 0.4) is 0 Å². The van der Waals surface area contributed by atoms with Gasteiger partial charge in [0.05, 0.1) is 15.1 Å². The first-order valence-electron chi connectivity index (χ1n) is 7.09. The molecule has 0 saturated carbocycles. The Morgan fingerprint density at radius 2 is 1.85 bits per heavy atom. The number of carbonyl (C=O) groups is 1. The van der Waals surface area contributed by atoms with Crippen molar-refractivity contribution in [2.45, 2.75) is 6.54 Å². The number of rotatable bonds is 4. The summed E-state index contributed by atoms with van der Waals surface area (Å²) in [5, 5.41) is 15.8. The number of aromatic nitrogens is 2. The van der Waals surface area contributed by atoms with Crippen LogP contribution in [0.25, 0.3) is 11.4 Å². The van der Waals surface area contributed by atoms with E-state index in [-0.39, 0.29) is 39.1 Å². The van der Waals surface area contributed by atoms with Crippen molar-refractivity contribution in [2.75, 3.05) is 0 Å². The van der Waals surface area contributed by atoms with Crippen molar-refractivity contribution in [1.29, 1.82) is 0 Å². The molecule has 3 rings (SSSR count). The highest BCUT2D eigenvalue weighted by Crippen LogP contribution is 2.35. The molecule has 0 aliphatic rings. The third kappa shape index (κ3) is 3.90. The molecule has 0 bridgehead atoms. The summed E-state index contributed by atoms with van der Waals surface area (Å²) in [6.07, 6.45) is 0. The Bertz CT molecular complexity index is 971. The fourth-order valence-corrected chi connectivity index (χ4v) is 2.64. The Morgan fingerprint density at radius 1 is 1.15 bits per heavy atom. The van der Waals surface area contributed by atoms with E-state index >= 15 is 0 Å². The van der Waals surface area contributed by atoms with E-state index in [1.54, 1.807) is 6.07 Å². The smallest absolute Gasteiger partial charge is 0.316 e. The molecule has 1 heterocycles. The average Bonchev–Trinajstić information content (AvgIpc) is 3.10. The Balaban J connectivity index is 1.73. The van der Waals surface area contributed by atoms with Crippen LogP contribution in [0.2, 0.25) is 15.1 Å². The third-order valence-corrected chi connectivity index (χ3v) is 4.22. The maximum absolute atomic E-state index is 13.4. The van der Waals surface area contributed by atoms with Crippen LogP contribution in [0.1, 0.15) is 16.2 Å². The van der Waals surface area contributed by atoms with Crippen molar-refractivity contribution in [3.63, 3.8) is 0 Å². The van der Waals surface area contributed by atoms with E-state index in [2.05, 4.69) is 15.5 Å². The van der Waals surface area contributed by atoms with Gasteiger partial charge in [-0.25, -0.2) is 4.39 Å². The number of amides is 1. The summed E-state index contributed by atoms with van der Waals surface area (Å²) in [5.41, 5.74) is 0.873. The highest BCUT2D eigenvalue weighted by atomic mass is 35.5. The SMILES string of the molecule is O=C(NCc1ccc(Cl)c(F)c1)c1nc(-c2cc(Cl)c(O)c(Cl)c2)no1. The number of phenolic OH excluding ortho intramolecular Hbond substituents is 1. The summed E-state index contributed by atoms with van der Waals surface area (Å²) in [4.78, 5) is 16.0. The number of nitrogens with one attached hydrogen (secondary N) is 1. The van der Waals surface area contributed by atoms with Crippen LogP contribution >= 0.6 is 34.8 Å². The van der Waals surface area contributed by atoms with Crippen molar-refractivity contribution in [2.24, 2.45) is 0 Å². The predicted octanol–water partition coefficient (Wildman–Crippen LogP) is 4.47. The van der Waals surface area contributed by atoms with Crippen molar-refractivity contribution >= 4 is 40.7 Å². The van der Waals surface area contributed by atoms with Gasteiger partial charge in [0, 0.05) is 12.1 Å². The topological polar surface area (TPSA) is 88.2 Å². The van der Waals surface area contributed by atoms with Gasteiger partial charge in [0.2, 0.25) is 5.82 Å². The second-order valence-corrected chi connectivity index (χ2v) is 6.36. The van der Waals surface area contributed by atoms with E-state index in [0.717, 1.165) is 0 Å². The van der Waals surface area contributed by atoms with Gasteiger partial charge in [0.1, 0.15) is 5.82 Å². The first kappa shape index (κ1) is 18.4. The molecule has 0 aliphatic carbocycles. The number of hydrogen-bond donors (Lipinski definition) is 2. The van der Waals surface area contributed by atoms with Gasteiger partial charge in [-0.05, 0) is 29.8 Å². The van der Waals surface area contributed by atoms with Crippen LogP contribution in [0, 0.1) is 5.82 Å². The highest BCUT2D eigenvalue weighted by molar-refractivity contribution is 6.37. The summed E-state index contributed by atoms with van der Waals surface area (Å²) in [6, 6.07) is 6.94. The Hall–Kier alpha value is -2.35. The van der Waals surface area contributed by atoms with E-state index < -0.39 is 11.7 Å². The molecular formula is C16H9Cl3FN3O3. The molecule has 26 heavy (non-hydrogen) atoms. The molecule has 3 aromatic rings. The molecule has 0 saturated heterocycles. The molecule has 0 spiro atoms. The number of hydrogen-bond acceptors (Lipinski definition) is 5. The van der Waals surface area contributed by atoms with Gasteiger partial charge in [0.25, 0.3) is 0 Å². The number of aromatic hydroxyl groups is 1. The first-order chi connectivity index (χ1) is 12.3. The lowest BCUT2D eigenvalue weighted by Gasteiger charge is -2.03. The molecule has 2 N–H and O–H groups in total. The lowest BCUT2D eigenvalue weighted by atomic mass is 10.2. The molecule has 0 atom stereocenters. The van der Waals surface area contributed by atoms with E-state index in [1.165, 1.54) is 24.3 Å². The van der Waals surface area contributed by atoms with Crippen molar-refractivity contribution < 1.29 is 18.8 Å². The molecule has 0 fully saturated rings. The van der Waals surface area contributed by atoms with Crippen LogP contribution in [-0.2, 0) is 6.54 Å². The molecule has 0 aliphatic heterocycles.